The monoisotopic (exact) mass is 422 g/mol. The Morgan fingerprint density at radius 2 is 2.00 bits per heavy atom. The minimum Gasteiger partial charge on any atom is -0.491 e. The molecule has 3 atom stereocenters. The van der Waals surface area contributed by atoms with Gasteiger partial charge in [-0.3, -0.25) is 4.79 Å². The highest BCUT2D eigenvalue weighted by Crippen LogP contribution is 2.52. The van der Waals surface area contributed by atoms with E-state index >= 15 is 0 Å². The summed E-state index contributed by atoms with van der Waals surface area (Å²) in [7, 11) is 0. The molecule has 1 unspecified atom stereocenters. The van der Waals surface area contributed by atoms with Crippen LogP contribution in [0, 0.1) is 5.92 Å². The lowest BCUT2D eigenvalue weighted by Gasteiger charge is -2.47. The first-order valence-corrected chi connectivity index (χ1v) is 11.6. The van der Waals surface area contributed by atoms with Crippen LogP contribution < -0.4 is 9.47 Å². The molecule has 1 aliphatic carbocycles. The average molecular weight is 423 g/mol. The SMILES string of the molecule is CC(CCCc1ccccc1)Oc1cc(CO)c2c(c1)OC(C)(C)[C@@H]1CCC(=O)C[C@@H]21. The van der Waals surface area contributed by atoms with Crippen LogP contribution in [0.25, 0.3) is 0 Å². The first-order chi connectivity index (χ1) is 14.9. The standard InChI is InChI=1S/C27H34O4/c1-18(8-7-11-19-9-5-4-6-10-19)30-22-14-20(17-28)26-23-15-21(29)12-13-24(23)27(2,3)31-25(26)16-22/h4-6,9-10,14,16,18,23-24,28H,7-8,11-13,15,17H2,1-3H3/t18?,23-,24-/m1/s1. The van der Waals surface area contributed by atoms with Gasteiger partial charge in [0.15, 0.2) is 0 Å². The lowest BCUT2D eigenvalue weighted by Crippen LogP contribution is -2.47. The molecule has 31 heavy (non-hydrogen) atoms. The van der Waals surface area contributed by atoms with Gasteiger partial charge in [0.1, 0.15) is 22.9 Å². The van der Waals surface area contributed by atoms with Gasteiger partial charge in [-0.25, -0.2) is 0 Å². The molecule has 1 N–H and O–H groups in total. The van der Waals surface area contributed by atoms with Crippen molar-refractivity contribution < 1.29 is 19.4 Å². The zero-order valence-corrected chi connectivity index (χ0v) is 18.9. The van der Waals surface area contributed by atoms with Gasteiger partial charge >= 0.3 is 0 Å². The third kappa shape index (κ3) is 4.79. The summed E-state index contributed by atoms with van der Waals surface area (Å²) in [6, 6.07) is 14.4. The lowest BCUT2D eigenvalue weighted by molar-refractivity contribution is -0.124. The van der Waals surface area contributed by atoms with E-state index < -0.39 is 0 Å². The molecule has 0 amide bonds. The first-order valence-electron chi connectivity index (χ1n) is 11.6. The van der Waals surface area contributed by atoms with Crippen molar-refractivity contribution >= 4 is 5.78 Å². The van der Waals surface area contributed by atoms with Crippen molar-refractivity contribution in [3.63, 3.8) is 0 Å². The minimum atomic E-state index is -0.342. The summed E-state index contributed by atoms with van der Waals surface area (Å²) in [5.74, 6) is 2.19. The summed E-state index contributed by atoms with van der Waals surface area (Å²) in [6.07, 6.45) is 5.11. The van der Waals surface area contributed by atoms with Crippen molar-refractivity contribution in [3.05, 3.63) is 59.2 Å². The number of aryl methyl sites for hydroxylation is 1. The number of ketones is 1. The Balaban J connectivity index is 1.49. The second-order valence-corrected chi connectivity index (χ2v) is 9.66. The maximum Gasteiger partial charge on any atom is 0.133 e. The predicted molar refractivity (Wildman–Crippen MR) is 122 cm³/mol. The molecular weight excluding hydrogens is 388 g/mol. The quantitative estimate of drug-likeness (QED) is 0.632. The van der Waals surface area contributed by atoms with Gasteiger partial charge in [0.05, 0.1) is 12.7 Å². The van der Waals surface area contributed by atoms with Gasteiger partial charge in [-0.05, 0) is 63.6 Å². The van der Waals surface area contributed by atoms with Crippen LogP contribution >= 0.6 is 0 Å². The summed E-state index contributed by atoms with van der Waals surface area (Å²) in [4.78, 5) is 12.2. The average Bonchev–Trinajstić information content (AvgIpc) is 2.73. The number of fused-ring (bicyclic) bond motifs is 3. The van der Waals surface area contributed by atoms with Gasteiger partial charge in [-0.15, -0.1) is 0 Å². The zero-order valence-electron chi connectivity index (χ0n) is 18.9. The molecule has 166 valence electrons. The number of hydrogen-bond acceptors (Lipinski definition) is 4. The molecule has 1 fully saturated rings. The van der Waals surface area contributed by atoms with Gasteiger partial charge in [0.25, 0.3) is 0 Å². The number of carbonyl (C=O) groups is 1. The van der Waals surface area contributed by atoms with Gasteiger partial charge in [0.2, 0.25) is 0 Å². The smallest absolute Gasteiger partial charge is 0.133 e. The number of aliphatic hydroxyl groups excluding tert-OH is 1. The summed E-state index contributed by atoms with van der Waals surface area (Å²) in [5.41, 5.74) is 2.83. The highest BCUT2D eigenvalue weighted by atomic mass is 16.5. The molecule has 0 spiro atoms. The second kappa shape index (κ2) is 9.04. The van der Waals surface area contributed by atoms with E-state index in [0.717, 1.165) is 48.3 Å². The Bertz CT molecular complexity index is 918. The summed E-state index contributed by atoms with van der Waals surface area (Å²) in [6.45, 7) is 6.23. The number of hydrogen-bond donors (Lipinski definition) is 1. The number of ether oxygens (including phenoxy) is 2. The van der Waals surface area contributed by atoms with Crippen LogP contribution in [-0.2, 0) is 17.8 Å². The largest absolute Gasteiger partial charge is 0.491 e. The molecule has 4 nitrogen and oxygen atoms in total. The lowest BCUT2D eigenvalue weighted by atomic mass is 9.65. The zero-order chi connectivity index (χ0) is 22.0. The Morgan fingerprint density at radius 3 is 2.74 bits per heavy atom. The van der Waals surface area contributed by atoms with E-state index in [-0.39, 0.29) is 30.1 Å². The summed E-state index contributed by atoms with van der Waals surface area (Å²) in [5, 5.41) is 10.1. The van der Waals surface area contributed by atoms with E-state index in [2.05, 4.69) is 45.0 Å². The van der Waals surface area contributed by atoms with E-state index in [1.165, 1.54) is 5.56 Å². The van der Waals surface area contributed by atoms with Crippen molar-refractivity contribution in [2.45, 2.75) is 83.5 Å². The molecule has 1 saturated carbocycles. The molecule has 0 saturated heterocycles. The van der Waals surface area contributed by atoms with E-state index in [0.29, 0.717) is 18.6 Å². The predicted octanol–water partition coefficient (Wildman–Crippen LogP) is 5.59. The molecule has 0 radical (unpaired) electrons. The van der Waals surface area contributed by atoms with Crippen LogP contribution in [0.5, 0.6) is 11.5 Å². The third-order valence-electron chi connectivity index (χ3n) is 6.93. The molecule has 2 aromatic carbocycles. The fourth-order valence-electron chi connectivity index (χ4n) is 5.39. The Morgan fingerprint density at radius 1 is 1.23 bits per heavy atom. The number of aliphatic hydroxyl groups is 1. The maximum atomic E-state index is 12.2. The van der Waals surface area contributed by atoms with E-state index in [1.54, 1.807) is 0 Å². The normalized spacial score (nSPS) is 22.8. The van der Waals surface area contributed by atoms with Crippen molar-refractivity contribution in [2.75, 3.05) is 0 Å². The van der Waals surface area contributed by atoms with Crippen molar-refractivity contribution in [3.8, 4) is 11.5 Å². The fourth-order valence-corrected chi connectivity index (χ4v) is 5.39. The molecule has 2 aromatic rings. The summed E-state index contributed by atoms with van der Waals surface area (Å²) < 4.78 is 12.7. The van der Waals surface area contributed by atoms with Crippen LogP contribution in [0.15, 0.2) is 42.5 Å². The van der Waals surface area contributed by atoms with E-state index in [9.17, 15) is 9.90 Å². The van der Waals surface area contributed by atoms with Gasteiger partial charge in [-0.2, -0.15) is 0 Å². The first kappa shape index (κ1) is 21.9. The van der Waals surface area contributed by atoms with Crippen molar-refractivity contribution in [2.24, 2.45) is 5.92 Å². The highest BCUT2D eigenvalue weighted by Gasteiger charge is 2.47. The van der Waals surface area contributed by atoms with Crippen LogP contribution in [0.2, 0.25) is 0 Å². The topological polar surface area (TPSA) is 55.8 Å². The van der Waals surface area contributed by atoms with Gasteiger partial charge in [0, 0.05) is 36.3 Å². The Hall–Kier alpha value is -2.33. The molecule has 0 aromatic heterocycles. The number of carbonyl (C=O) groups excluding carboxylic acids is 1. The minimum absolute atomic E-state index is 0.0638. The molecule has 1 heterocycles. The molecule has 4 heteroatoms. The highest BCUT2D eigenvalue weighted by molar-refractivity contribution is 5.81. The summed E-state index contributed by atoms with van der Waals surface area (Å²) >= 11 is 0. The Kier molecular flexibility index (Phi) is 6.38. The third-order valence-corrected chi connectivity index (χ3v) is 6.93. The van der Waals surface area contributed by atoms with Crippen molar-refractivity contribution in [1.29, 1.82) is 0 Å². The van der Waals surface area contributed by atoms with Crippen LogP contribution in [0.4, 0.5) is 0 Å². The fraction of sp³-hybridized carbons (Fsp3) is 0.519. The molecule has 4 rings (SSSR count). The molecule has 1 aliphatic heterocycles. The number of benzene rings is 2. The molecule has 2 aliphatic rings. The van der Waals surface area contributed by atoms with E-state index in [1.807, 2.05) is 18.2 Å². The van der Waals surface area contributed by atoms with Crippen molar-refractivity contribution in [1.82, 2.24) is 0 Å². The maximum absolute atomic E-state index is 12.2. The van der Waals surface area contributed by atoms with Gasteiger partial charge < -0.3 is 14.6 Å². The van der Waals surface area contributed by atoms with E-state index in [4.69, 9.17) is 9.47 Å². The Labute approximate surface area is 185 Å². The van der Waals surface area contributed by atoms with Gasteiger partial charge in [-0.1, -0.05) is 30.3 Å². The van der Waals surface area contributed by atoms with Crippen LogP contribution in [0.1, 0.15) is 75.5 Å². The molecule has 0 bridgehead atoms. The van der Waals surface area contributed by atoms with Crippen LogP contribution in [-0.4, -0.2) is 22.6 Å². The number of rotatable bonds is 7. The van der Waals surface area contributed by atoms with Crippen LogP contribution in [0.3, 0.4) is 0 Å². The molecular formula is C27H34O4. The second-order valence-electron chi connectivity index (χ2n) is 9.66. The number of Topliss-reactive ketones (excluding diaryl/α,β-unsaturated/α-hetero) is 1.